The summed E-state index contributed by atoms with van der Waals surface area (Å²) in [6.45, 7) is 6.13. The molecule has 1 N–H and O–H groups in total. The predicted octanol–water partition coefficient (Wildman–Crippen LogP) is 6.57. The smallest absolute Gasteiger partial charge is 0.275 e. The second-order valence-electron chi connectivity index (χ2n) is 6.86. The highest BCUT2D eigenvalue weighted by Crippen LogP contribution is 2.29. The van der Waals surface area contributed by atoms with Crippen molar-refractivity contribution in [3.05, 3.63) is 78.3 Å². The normalized spacial score (nSPS) is 12.3. The minimum atomic E-state index is -2.66. The zero-order valence-corrected chi connectivity index (χ0v) is 17.9. The minimum absolute atomic E-state index is 0.460. The number of alkyl halides is 2. The Hall–Kier alpha value is -2.93. The summed E-state index contributed by atoms with van der Waals surface area (Å²) in [6, 6.07) is 17.5. The van der Waals surface area contributed by atoms with E-state index in [9.17, 15) is 8.78 Å². The predicted molar refractivity (Wildman–Crippen MR) is 122 cm³/mol. The number of pyridine rings is 1. The van der Waals surface area contributed by atoms with Crippen molar-refractivity contribution in [2.75, 3.05) is 5.01 Å². The van der Waals surface area contributed by atoms with E-state index in [4.69, 9.17) is 0 Å². The van der Waals surface area contributed by atoms with Gasteiger partial charge in [0.1, 0.15) is 5.82 Å². The molecule has 0 atom stereocenters. The Morgan fingerprint density at radius 1 is 1.10 bits per heavy atom. The summed E-state index contributed by atoms with van der Waals surface area (Å²) in [4.78, 5) is 5.36. The Morgan fingerprint density at radius 3 is 2.53 bits per heavy atom. The molecule has 3 aromatic rings. The average molecular weight is 427 g/mol. The fourth-order valence-electron chi connectivity index (χ4n) is 2.90. The number of rotatable bonds is 8. The first kappa shape index (κ1) is 21.8. The standard InChI is InChI=1S/C23H24F2N4S/c1-4-23(28-30-18-12-10-17(11-13-18)16(2)3)29(27-15-22(24)25)21-9-5-8-20-19(21)7-6-14-26-20/h4-16,22,28H,1-3H3/b23-4-,27-15+. The first-order valence-corrected chi connectivity index (χ1v) is 10.5. The fraction of sp³-hybridized carbons (Fsp3) is 0.217. The van der Waals surface area contributed by atoms with Crippen LogP contribution in [0.4, 0.5) is 14.5 Å². The number of hydrogen-bond donors (Lipinski definition) is 1. The molecule has 1 heterocycles. The lowest BCUT2D eigenvalue weighted by atomic mass is 10.0. The summed E-state index contributed by atoms with van der Waals surface area (Å²) in [6.07, 6.45) is 1.47. The van der Waals surface area contributed by atoms with Gasteiger partial charge in [-0.2, -0.15) is 5.10 Å². The maximum absolute atomic E-state index is 12.9. The van der Waals surface area contributed by atoms with Gasteiger partial charge in [0.15, 0.2) is 0 Å². The third kappa shape index (κ3) is 5.36. The second-order valence-corrected chi connectivity index (χ2v) is 7.74. The van der Waals surface area contributed by atoms with Gasteiger partial charge in [-0.05, 0) is 72.8 Å². The van der Waals surface area contributed by atoms with E-state index in [0.717, 1.165) is 15.8 Å². The highest BCUT2D eigenvalue weighted by atomic mass is 32.2. The largest absolute Gasteiger partial charge is 0.310 e. The molecule has 0 saturated heterocycles. The molecule has 7 heteroatoms. The molecule has 3 rings (SSSR count). The lowest BCUT2D eigenvalue weighted by molar-refractivity contribution is 0.231. The molecule has 4 nitrogen and oxygen atoms in total. The molecule has 2 aromatic carbocycles. The number of allylic oxidation sites excluding steroid dienone is 1. The van der Waals surface area contributed by atoms with Crippen molar-refractivity contribution in [2.24, 2.45) is 5.10 Å². The van der Waals surface area contributed by atoms with Crippen LogP contribution < -0.4 is 9.73 Å². The highest BCUT2D eigenvalue weighted by molar-refractivity contribution is 7.97. The molecule has 0 bridgehead atoms. The van der Waals surface area contributed by atoms with Crippen molar-refractivity contribution in [3.63, 3.8) is 0 Å². The van der Waals surface area contributed by atoms with Gasteiger partial charge in [0.2, 0.25) is 0 Å². The topological polar surface area (TPSA) is 40.5 Å². The van der Waals surface area contributed by atoms with Crippen LogP contribution in [0.1, 0.15) is 32.3 Å². The monoisotopic (exact) mass is 426 g/mol. The SMILES string of the molecule is C/C=C(/NSc1ccc(C(C)C)cc1)N(/N=C/C(F)F)c1cccc2ncccc12. The summed E-state index contributed by atoms with van der Waals surface area (Å²) >= 11 is 1.40. The van der Waals surface area contributed by atoms with Gasteiger partial charge in [0, 0.05) is 16.5 Å². The van der Waals surface area contributed by atoms with Crippen LogP contribution in [0.15, 0.2) is 82.7 Å². The van der Waals surface area contributed by atoms with Crippen molar-refractivity contribution < 1.29 is 8.78 Å². The molecule has 0 fully saturated rings. The molecular weight excluding hydrogens is 402 g/mol. The number of fused-ring (bicyclic) bond motifs is 1. The van der Waals surface area contributed by atoms with Gasteiger partial charge < -0.3 is 4.72 Å². The third-order valence-corrected chi connectivity index (χ3v) is 5.29. The van der Waals surface area contributed by atoms with Crippen LogP contribution in [0.25, 0.3) is 10.9 Å². The Bertz CT molecular complexity index is 1030. The van der Waals surface area contributed by atoms with E-state index in [1.54, 1.807) is 12.3 Å². The summed E-state index contributed by atoms with van der Waals surface area (Å²) in [7, 11) is 0. The summed E-state index contributed by atoms with van der Waals surface area (Å²) in [5.74, 6) is 1.03. The highest BCUT2D eigenvalue weighted by Gasteiger charge is 2.15. The van der Waals surface area contributed by atoms with Gasteiger partial charge in [-0.15, -0.1) is 0 Å². The van der Waals surface area contributed by atoms with Crippen molar-refractivity contribution in [3.8, 4) is 0 Å². The first-order valence-electron chi connectivity index (χ1n) is 9.65. The maximum atomic E-state index is 12.9. The molecule has 1 aromatic heterocycles. The lowest BCUT2D eigenvalue weighted by Gasteiger charge is -2.24. The van der Waals surface area contributed by atoms with E-state index in [2.05, 4.69) is 40.8 Å². The number of aromatic nitrogens is 1. The quantitative estimate of drug-likeness (QED) is 0.251. The summed E-state index contributed by atoms with van der Waals surface area (Å²) in [5, 5.41) is 6.35. The second kappa shape index (κ2) is 10.2. The van der Waals surface area contributed by atoms with Crippen LogP contribution in [0.5, 0.6) is 0 Å². The summed E-state index contributed by atoms with van der Waals surface area (Å²) < 4.78 is 29.1. The number of anilines is 1. The molecule has 0 radical (unpaired) electrons. The molecule has 0 aliphatic carbocycles. The number of nitrogens with one attached hydrogen (secondary N) is 1. The molecule has 0 amide bonds. The maximum Gasteiger partial charge on any atom is 0.275 e. The Labute approximate surface area is 179 Å². The van der Waals surface area contributed by atoms with E-state index in [0.29, 0.717) is 23.6 Å². The molecule has 0 aliphatic rings. The zero-order chi connectivity index (χ0) is 21.5. The van der Waals surface area contributed by atoms with Crippen molar-refractivity contribution >= 4 is 34.8 Å². The van der Waals surface area contributed by atoms with E-state index in [1.807, 2.05) is 49.4 Å². The van der Waals surface area contributed by atoms with Crippen molar-refractivity contribution in [2.45, 2.75) is 38.0 Å². The van der Waals surface area contributed by atoms with Crippen LogP contribution >= 0.6 is 11.9 Å². The molecule has 0 unspecified atom stereocenters. The molecule has 0 saturated carbocycles. The van der Waals surface area contributed by atoms with E-state index in [1.165, 1.54) is 22.5 Å². The Morgan fingerprint density at radius 2 is 1.87 bits per heavy atom. The third-order valence-electron chi connectivity index (χ3n) is 4.47. The minimum Gasteiger partial charge on any atom is -0.310 e. The Kier molecular flexibility index (Phi) is 7.41. The summed E-state index contributed by atoms with van der Waals surface area (Å²) in [5.41, 5.74) is 2.69. The van der Waals surface area contributed by atoms with E-state index in [-0.39, 0.29) is 0 Å². The van der Waals surface area contributed by atoms with Crippen molar-refractivity contribution in [1.82, 2.24) is 9.71 Å². The average Bonchev–Trinajstić information content (AvgIpc) is 2.76. The van der Waals surface area contributed by atoms with E-state index >= 15 is 0 Å². The van der Waals surface area contributed by atoms with E-state index < -0.39 is 6.43 Å². The molecule has 0 spiro atoms. The van der Waals surface area contributed by atoms with Crippen LogP contribution in [0.2, 0.25) is 0 Å². The lowest BCUT2D eigenvalue weighted by Crippen LogP contribution is -2.24. The number of benzene rings is 2. The van der Waals surface area contributed by atoms with Gasteiger partial charge in [-0.3, -0.25) is 4.98 Å². The first-order chi connectivity index (χ1) is 14.5. The van der Waals surface area contributed by atoms with Gasteiger partial charge in [0.25, 0.3) is 6.43 Å². The molecule has 156 valence electrons. The van der Waals surface area contributed by atoms with Crippen LogP contribution in [-0.4, -0.2) is 17.6 Å². The molecule has 30 heavy (non-hydrogen) atoms. The molecule has 0 aliphatic heterocycles. The number of nitrogens with zero attached hydrogens (tertiary/aromatic N) is 3. The van der Waals surface area contributed by atoms with Gasteiger partial charge in [0.05, 0.1) is 17.4 Å². The van der Waals surface area contributed by atoms with Crippen LogP contribution in [0.3, 0.4) is 0 Å². The Balaban J connectivity index is 1.89. The van der Waals surface area contributed by atoms with Gasteiger partial charge in [-0.1, -0.05) is 32.0 Å². The van der Waals surface area contributed by atoms with Gasteiger partial charge >= 0.3 is 0 Å². The number of hydrogen-bond acceptors (Lipinski definition) is 5. The number of halogens is 2. The fourth-order valence-corrected chi connectivity index (χ4v) is 3.60. The molecular formula is C23H24F2N4S. The van der Waals surface area contributed by atoms with Crippen molar-refractivity contribution in [1.29, 1.82) is 0 Å². The van der Waals surface area contributed by atoms with Crippen LogP contribution in [-0.2, 0) is 0 Å². The van der Waals surface area contributed by atoms with Gasteiger partial charge in [-0.25, -0.2) is 13.8 Å². The van der Waals surface area contributed by atoms with Crippen LogP contribution in [0, 0.1) is 0 Å². The number of hydrazone groups is 1. The zero-order valence-electron chi connectivity index (χ0n) is 17.1.